The fourth-order valence-electron chi connectivity index (χ4n) is 5.68. The first kappa shape index (κ1) is 36.7. The summed E-state index contributed by atoms with van der Waals surface area (Å²) in [6.45, 7) is 4.85. The zero-order chi connectivity index (χ0) is 34.7. The maximum Gasteiger partial charge on any atom is 0.249 e. The van der Waals surface area contributed by atoms with Gasteiger partial charge in [0.05, 0.1) is 6.61 Å². The Morgan fingerprint density at radius 1 is 0.917 bits per heavy atom. The van der Waals surface area contributed by atoms with E-state index >= 15 is 0 Å². The number of hydrogen-bond acceptors (Lipinski definition) is 6. The number of aliphatic hydroxyl groups is 1. The Hall–Kier alpha value is -4.12. The largest absolute Gasteiger partial charge is 0.396 e. The van der Waals surface area contributed by atoms with Crippen molar-refractivity contribution in [2.24, 2.45) is 5.41 Å². The molecule has 0 spiro atoms. The van der Waals surface area contributed by atoms with Crippen LogP contribution in [0.4, 0.5) is 4.39 Å². The van der Waals surface area contributed by atoms with Crippen LogP contribution in [0.1, 0.15) is 37.8 Å². The maximum absolute atomic E-state index is 14.4. The number of amides is 3. The van der Waals surface area contributed by atoms with Crippen molar-refractivity contribution in [3.63, 3.8) is 0 Å². The quantitative estimate of drug-likeness (QED) is 0.216. The molecule has 258 valence electrons. The second-order valence-electron chi connectivity index (χ2n) is 13.4. The van der Waals surface area contributed by atoms with Gasteiger partial charge < -0.3 is 30.3 Å². The number of halogens is 1. The average Bonchev–Trinajstić information content (AvgIpc) is 3.63. The van der Waals surface area contributed by atoms with Gasteiger partial charge in [-0.3, -0.25) is 14.4 Å². The molecule has 3 aromatic rings. The van der Waals surface area contributed by atoms with Crippen molar-refractivity contribution in [2.45, 2.75) is 57.7 Å². The van der Waals surface area contributed by atoms with E-state index in [1.54, 1.807) is 26.2 Å². The van der Waals surface area contributed by atoms with Crippen LogP contribution in [-0.2, 0) is 32.0 Å². The number of aliphatic hydroxyl groups excluding tert-OH is 1. The minimum absolute atomic E-state index is 0.127. The number of hydrogen-bond donors (Lipinski definition) is 3. The molecule has 48 heavy (non-hydrogen) atoms. The van der Waals surface area contributed by atoms with Gasteiger partial charge in [-0.2, -0.15) is 0 Å². The van der Waals surface area contributed by atoms with Crippen LogP contribution >= 0.6 is 0 Å². The molecule has 1 saturated heterocycles. The first-order valence-electron chi connectivity index (χ1n) is 16.6. The lowest BCUT2D eigenvalue weighted by Crippen LogP contribution is -2.57. The van der Waals surface area contributed by atoms with E-state index in [0.29, 0.717) is 12.2 Å². The normalized spacial score (nSPS) is 15.8. The Morgan fingerprint density at radius 2 is 1.52 bits per heavy atom. The van der Waals surface area contributed by atoms with E-state index in [-0.39, 0.29) is 44.5 Å². The molecule has 4 rings (SSSR count). The highest BCUT2D eigenvalue weighted by atomic mass is 19.1. The first-order chi connectivity index (χ1) is 23.0. The molecule has 9 nitrogen and oxygen atoms in total. The van der Waals surface area contributed by atoms with Crippen molar-refractivity contribution in [1.29, 1.82) is 0 Å². The molecule has 1 heterocycles. The molecule has 3 aromatic carbocycles. The van der Waals surface area contributed by atoms with Crippen LogP contribution in [0.15, 0.2) is 78.9 Å². The van der Waals surface area contributed by atoms with Gasteiger partial charge in [-0.05, 0) is 53.8 Å². The SMILES string of the molecule is CN(C(=O)COCC1CCCN1)C(Cc1ccc(-c2ccccc2)cc1)C(=O)N(C)C(Cc1ccc(F)cc1)C(=O)NCC(C)(C)CO. The standard InChI is InChI=1S/C38H49FN4O5/c1-38(2,26-44)25-41-36(46)33(21-28-14-18-31(39)19-15-28)43(4)37(47)34(42(3)35(45)24-48-23-32-11-8-20-40-32)22-27-12-16-30(17-13-27)29-9-6-5-7-10-29/h5-7,9-10,12-19,32-34,40,44H,8,11,20-26H2,1-4H3,(H,41,46). The molecule has 0 radical (unpaired) electrons. The number of ether oxygens (including phenoxy) is 1. The van der Waals surface area contributed by atoms with E-state index in [4.69, 9.17) is 4.74 Å². The third-order valence-electron chi connectivity index (χ3n) is 8.97. The molecule has 0 aliphatic carbocycles. The lowest BCUT2D eigenvalue weighted by atomic mass is 9.94. The molecule has 3 unspecified atom stereocenters. The van der Waals surface area contributed by atoms with E-state index in [1.165, 1.54) is 21.9 Å². The Labute approximate surface area is 283 Å². The molecule has 3 atom stereocenters. The third-order valence-corrected chi connectivity index (χ3v) is 8.97. The van der Waals surface area contributed by atoms with Crippen molar-refractivity contribution in [2.75, 3.05) is 47.0 Å². The number of likely N-dealkylation sites (N-methyl/N-ethyl adjacent to an activating group) is 2. The third kappa shape index (κ3) is 10.4. The number of nitrogens with zero attached hydrogens (tertiary/aromatic N) is 2. The van der Waals surface area contributed by atoms with Gasteiger partial charge in [0.2, 0.25) is 17.7 Å². The summed E-state index contributed by atoms with van der Waals surface area (Å²) < 4.78 is 19.5. The molecule has 10 heteroatoms. The zero-order valence-electron chi connectivity index (χ0n) is 28.5. The van der Waals surface area contributed by atoms with Crippen molar-refractivity contribution >= 4 is 17.7 Å². The van der Waals surface area contributed by atoms with E-state index in [0.717, 1.165) is 36.1 Å². The van der Waals surface area contributed by atoms with Crippen LogP contribution in [0, 0.1) is 11.2 Å². The molecular weight excluding hydrogens is 611 g/mol. The van der Waals surface area contributed by atoms with Crippen LogP contribution in [0.5, 0.6) is 0 Å². The summed E-state index contributed by atoms with van der Waals surface area (Å²) in [4.78, 5) is 44.3. The Kier molecular flexibility index (Phi) is 13.3. The van der Waals surface area contributed by atoms with Crippen LogP contribution < -0.4 is 10.6 Å². The summed E-state index contributed by atoms with van der Waals surface area (Å²) in [6.07, 6.45) is 2.40. The second kappa shape index (κ2) is 17.3. The summed E-state index contributed by atoms with van der Waals surface area (Å²) in [7, 11) is 3.15. The van der Waals surface area contributed by atoms with Crippen molar-refractivity contribution in [3.05, 3.63) is 95.8 Å². The van der Waals surface area contributed by atoms with Gasteiger partial charge in [-0.25, -0.2) is 4.39 Å². The van der Waals surface area contributed by atoms with Gasteiger partial charge in [-0.15, -0.1) is 0 Å². The lowest BCUT2D eigenvalue weighted by molar-refractivity contribution is -0.149. The lowest BCUT2D eigenvalue weighted by Gasteiger charge is -2.35. The molecule has 0 bridgehead atoms. The number of carbonyl (C=O) groups excluding carboxylic acids is 3. The highest BCUT2D eigenvalue weighted by Gasteiger charge is 2.36. The molecule has 0 aromatic heterocycles. The van der Waals surface area contributed by atoms with Crippen molar-refractivity contribution < 1.29 is 28.6 Å². The van der Waals surface area contributed by atoms with E-state index in [1.807, 2.05) is 68.4 Å². The Balaban J connectivity index is 1.58. The van der Waals surface area contributed by atoms with Crippen LogP contribution in [0.2, 0.25) is 0 Å². The zero-order valence-corrected chi connectivity index (χ0v) is 28.5. The van der Waals surface area contributed by atoms with Gasteiger partial charge in [0.1, 0.15) is 24.5 Å². The van der Waals surface area contributed by atoms with Gasteiger partial charge in [0.25, 0.3) is 0 Å². The minimum Gasteiger partial charge on any atom is -0.396 e. The van der Waals surface area contributed by atoms with E-state index in [9.17, 15) is 23.9 Å². The second-order valence-corrected chi connectivity index (χ2v) is 13.4. The molecule has 1 fully saturated rings. The van der Waals surface area contributed by atoms with Crippen LogP contribution in [-0.4, -0.2) is 97.8 Å². The smallest absolute Gasteiger partial charge is 0.249 e. The monoisotopic (exact) mass is 660 g/mol. The number of rotatable bonds is 16. The fourth-order valence-corrected chi connectivity index (χ4v) is 5.68. The van der Waals surface area contributed by atoms with E-state index < -0.39 is 35.1 Å². The van der Waals surface area contributed by atoms with Gasteiger partial charge in [-0.1, -0.05) is 80.6 Å². The number of benzene rings is 3. The molecule has 3 N–H and O–H groups in total. The van der Waals surface area contributed by atoms with Crippen LogP contribution in [0.3, 0.4) is 0 Å². The summed E-state index contributed by atoms with van der Waals surface area (Å²) in [5.74, 6) is -1.58. The predicted molar refractivity (Wildman–Crippen MR) is 185 cm³/mol. The summed E-state index contributed by atoms with van der Waals surface area (Å²) in [5.41, 5.74) is 3.04. The average molecular weight is 661 g/mol. The van der Waals surface area contributed by atoms with Crippen LogP contribution in [0.25, 0.3) is 11.1 Å². The predicted octanol–water partition coefficient (Wildman–Crippen LogP) is 3.84. The van der Waals surface area contributed by atoms with Crippen molar-refractivity contribution in [1.82, 2.24) is 20.4 Å². The molecule has 1 aliphatic heterocycles. The first-order valence-corrected chi connectivity index (χ1v) is 16.6. The molecule has 3 amide bonds. The summed E-state index contributed by atoms with van der Waals surface area (Å²) in [6, 6.07) is 21.9. The molecular formula is C38H49FN4O5. The number of nitrogens with one attached hydrogen (secondary N) is 2. The number of carbonyl (C=O) groups is 3. The highest BCUT2D eigenvalue weighted by Crippen LogP contribution is 2.22. The molecule has 0 saturated carbocycles. The Morgan fingerprint density at radius 3 is 2.12 bits per heavy atom. The fraction of sp³-hybridized carbons (Fsp3) is 0.447. The highest BCUT2D eigenvalue weighted by molar-refractivity contribution is 5.92. The maximum atomic E-state index is 14.4. The molecule has 1 aliphatic rings. The van der Waals surface area contributed by atoms with Gasteiger partial charge in [0, 0.05) is 51.5 Å². The Bertz CT molecular complexity index is 1480. The summed E-state index contributed by atoms with van der Waals surface area (Å²) >= 11 is 0. The van der Waals surface area contributed by atoms with Crippen molar-refractivity contribution in [3.8, 4) is 11.1 Å². The van der Waals surface area contributed by atoms with Gasteiger partial charge >= 0.3 is 0 Å². The topological polar surface area (TPSA) is 111 Å². The van der Waals surface area contributed by atoms with E-state index in [2.05, 4.69) is 10.6 Å². The minimum atomic E-state index is -0.964. The van der Waals surface area contributed by atoms with Gasteiger partial charge in [0.15, 0.2) is 0 Å². The summed E-state index contributed by atoms with van der Waals surface area (Å²) in [5, 5.41) is 16.0.